The molecule has 0 bridgehead atoms. The highest BCUT2D eigenvalue weighted by Gasteiger charge is 2.38. The molecule has 0 radical (unpaired) electrons. The van der Waals surface area contributed by atoms with Crippen LogP contribution < -0.4 is 14.9 Å². The lowest BCUT2D eigenvalue weighted by molar-refractivity contribution is 0.0934. The Morgan fingerprint density at radius 2 is 1.84 bits per heavy atom. The number of aromatic nitrogens is 2. The highest BCUT2D eigenvalue weighted by atomic mass is 32.2. The number of nitrogens with one attached hydrogen (secondary N) is 2. The van der Waals surface area contributed by atoms with E-state index in [1.54, 1.807) is 31.2 Å². The summed E-state index contributed by atoms with van der Waals surface area (Å²) < 4.78 is 41.4. The van der Waals surface area contributed by atoms with Crippen molar-refractivity contribution in [2.45, 2.75) is 19.5 Å². The summed E-state index contributed by atoms with van der Waals surface area (Å²) >= 11 is 0. The molecule has 2 heterocycles. The van der Waals surface area contributed by atoms with Gasteiger partial charge in [-0.25, -0.2) is 14.4 Å². The van der Waals surface area contributed by atoms with Crippen LogP contribution in [-0.4, -0.2) is 55.1 Å². The predicted molar refractivity (Wildman–Crippen MR) is 136 cm³/mol. The van der Waals surface area contributed by atoms with Crippen molar-refractivity contribution < 1.29 is 22.4 Å². The summed E-state index contributed by atoms with van der Waals surface area (Å²) in [7, 11) is -1.12. The molecule has 3 aromatic rings. The second-order valence-electron chi connectivity index (χ2n) is 8.79. The van der Waals surface area contributed by atoms with Crippen molar-refractivity contribution >= 4 is 27.7 Å². The summed E-state index contributed by atoms with van der Waals surface area (Å²) in [6.07, 6.45) is 1.08. The molecular formula is C25H24FN7O4S. The van der Waals surface area contributed by atoms with E-state index in [1.807, 2.05) is 6.07 Å². The van der Waals surface area contributed by atoms with E-state index in [9.17, 15) is 27.7 Å². The fourth-order valence-electron chi connectivity index (χ4n) is 3.95. The summed E-state index contributed by atoms with van der Waals surface area (Å²) in [6, 6.07) is 11.6. The number of rotatable bonds is 7. The molecule has 4 rings (SSSR count). The number of halogens is 1. The first-order chi connectivity index (χ1) is 18.0. The van der Waals surface area contributed by atoms with Gasteiger partial charge in [0.1, 0.15) is 23.5 Å². The molecule has 0 saturated heterocycles. The minimum Gasteiger partial charge on any atom is -0.347 e. The fraction of sp³-hybridized carbons (Fsp3) is 0.240. The standard InChI is InChI=1S/C25H24FN7O4S/c1-15-8-17(5-7-19(15)26)12-28-24(34)20-10-21(30-14-29-20)25(35)31-22-13-33(38(36,37)32(2)3)23-9-16(11-27)4-6-18(22)23/h4-10,14,22H,12-13H2,1-3H3,(H,28,34)(H,31,35). The van der Waals surface area contributed by atoms with Gasteiger partial charge in [-0.2, -0.15) is 18.0 Å². The highest BCUT2D eigenvalue weighted by molar-refractivity contribution is 7.90. The van der Waals surface area contributed by atoms with Crippen molar-refractivity contribution in [3.05, 3.63) is 88.3 Å². The molecule has 2 aromatic carbocycles. The minimum absolute atomic E-state index is 0.0497. The van der Waals surface area contributed by atoms with Gasteiger partial charge in [-0.15, -0.1) is 0 Å². The molecule has 2 N–H and O–H groups in total. The third kappa shape index (κ3) is 5.31. The summed E-state index contributed by atoms with van der Waals surface area (Å²) in [4.78, 5) is 33.6. The Hall–Kier alpha value is -4.41. The Bertz CT molecular complexity index is 1570. The molecule has 0 saturated carbocycles. The van der Waals surface area contributed by atoms with Gasteiger partial charge in [-0.1, -0.05) is 18.2 Å². The minimum atomic E-state index is -3.89. The van der Waals surface area contributed by atoms with Gasteiger partial charge in [0.15, 0.2) is 0 Å². The van der Waals surface area contributed by atoms with Crippen LogP contribution in [0.1, 0.15) is 49.3 Å². The summed E-state index contributed by atoms with van der Waals surface area (Å²) in [5, 5.41) is 14.7. The maximum atomic E-state index is 13.5. The molecule has 0 fully saturated rings. The van der Waals surface area contributed by atoms with Crippen LogP contribution in [0.5, 0.6) is 0 Å². The highest BCUT2D eigenvalue weighted by Crippen LogP contribution is 2.38. The molecule has 1 atom stereocenters. The monoisotopic (exact) mass is 537 g/mol. The number of hydrogen-bond donors (Lipinski definition) is 2. The maximum absolute atomic E-state index is 13.5. The van der Waals surface area contributed by atoms with Crippen LogP contribution in [0, 0.1) is 24.1 Å². The zero-order valence-electron chi connectivity index (χ0n) is 20.8. The van der Waals surface area contributed by atoms with Crippen molar-refractivity contribution in [2.75, 3.05) is 24.9 Å². The number of carbonyl (C=O) groups is 2. The van der Waals surface area contributed by atoms with Crippen molar-refractivity contribution in [1.29, 1.82) is 5.26 Å². The molecule has 1 aromatic heterocycles. The average Bonchev–Trinajstić information content (AvgIpc) is 3.27. The van der Waals surface area contributed by atoms with Crippen molar-refractivity contribution in [1.82, 2.24) is 24.9 Å². The molecule has 196 valence electrons. The smallest absolute Gasteiger partial charge is 0.303 e. The number of benzene rings is 2. The number of fused-ring (bicyclic) bond motifs is 1. The number of nitrogens with zero attached hydrogens (tertiary/aromatic N) is 5. The van der Waals surface area contributed by atoms with Gasteiger partial charge in [0.2, 0.25) is 0 Å². The van der Waals surface area contributed by atoms with Gasteiger partial charge in [-0.3, -0.25) is 13.9 Å². The van der Waals surface area contributed by atoms with Crippen LogP contribution >= 0.6 is 0 Å². The third-order valence-corrected chi connectivity index (χ3v) is 7.83. The van der Waals surface area contributed by atoms with Crippen LogP contribution in [0.2, 0.25) is 0 Å². The first kappa shape index (κ1) is 26.6. The van der Waals surface area contributed by atoms with Crippen molar-refractivity contribution in [2.24, 2.45) is 0 Å². The maximum Gasteiger partial charge on any atom is 0.303 e. The molecule has 11 nitrogen and oxygen atoms in total. The van der Waals surface area contributed by atoms with Gasteiger partial charge >= 0.3 is 10.2 Å². The number of aryl methyl sites for hydroxylation is 1. The second kappa shape index (κ2) is 10.5. The molecule has 1 aliphatic rings. The number of nitriles is 1. The third-order valence-electron chi connectivity index (χ3n) is 6.01. The van der Waals surface area contributed by atoms with E-state index in [0.717, 1.165) is 14.9 Å². The van der Waals surface area contributed by atoms with E-state index in [-0.39, 0.29) is 35.9 Å². The largest absolute Gasteiger partial charge is 0.347 e. The SMILES string of the molecule is Cc1cc(CNC(=O)c2cc(C(=O)NC3CN(S(=O)(=O)N(C)C)c4cc(C#N)ccc43)ncn2)ccc1F. The first-order valence-electron chi connectivity index (χ1n) is 11.4. The lowest BCUT2D eigenvalue weighted by Gasteiger charge is -2.23. The molecule has 0 spiro atoms. The quantitative estimate of drug-likeness (QED) is 0.467. The Morgan fingerprint density at radius 3 is 2.50 bits per heavy atom. The molecule has 1 aliphatic heterocycles. The van der Waals surface area contributed by atoms with Crippen LogP contribution in [0.15, 0.2) is 48.8 Å². The summed E-state index contributed by atoms with van der Waals surface area (Å²) in [5.74, 6) is -1.54. The van der Waals surface area contributed by atoms with Gasteiger partial charge in [0.25, 0.3) is 11.8 Å². The molecule has 1 unspecified atom stereocenters. The Kier molecular flexibility index (Phi) is 7.38. The first-order valence-corrected chi connectivity index (χ1v) is 12.8. The van der Waals surface area contributed by atoms with Crippen molar-refractivity contribution in [3.8, 4) is 6.07 Å². The Labute approximate surface area is 219 Å². The number of hydrogen-bond acceptors (Lipinski definition) is 7. The molecular weight excluding hydrogens is 513 g/mol. The van der Waals surface area contributed by atoms with Gasteiger partial charge in [0, 0.05) is 32.3 Å². The molecule has 2 amide bonds. The number of amides is 2. The summed E-state index contributed by atoms with van der Waals surface area (Å²) in [5.41, 5.74) is 2.09. The number of anilines is 1. The lowest BCUT2D eigenvalue weighted by atomic mass is 10.1. The van der Waals surface area contributed by atoms with Crippen LogP contribution in [0.3, 0.4) is 0 Å². The van der Waals surface area contributed by atoms with Gasteiger partial charge in [0.05, 0.1) is 29.9 Å². The molecule has 38 heavy (non-hydrogen) atoms. The van der Waals surface area contributed by atoms with Gasteiger partial charge < -0.3 is 10.6 Å². The number of carbonyl (C=O) groups excluding carboxylic acids is 2. The van der Waals surface area contributed by atoms with E-state index in [2.05, 4.69) is 20.6 Å². The van der Waals surface area contributed by atoms with E-state index in [0.29, 0.717) is 22.4 Å². The Balaban J connectivity index is 1.51. The normalized spacial score (nSPS) is 14.6. The van der Waals surface area contributed by atoms with Gasteiger partial charge in [-0.05, 0) is 36.2 Å². The van der Waals surface area contributed by atoms with E-state index >= 15 is 0 Å². The molecule has 13 heteroatoms. The zero-order chi connectivity index (χ0) is 27.6. The van der Waals surface area contributed by atoms with Crippen LogP contribution in [0.25, 0.3) is 0 Å². The van der Waals surface area contributed by atoms with E-state index < -0.39 is 28.1 Å². The zero-order valence-corrected chi connectivity index (χ0v) is 21.6. The Morgan fingerprint density at radius 1 is 1.13 bits per heavy atom. The molecule has 0 aliphatic carbocycles. The predicted octanol–water partition coefficient (Wildman–Crippen LogP) is 1.82. The lowest BCUT2D eigenvalue weighted by Crippen LogP contribution is -2.41. The van der Waals surface area contributed by atoms with Crippen molar-refractivity contribution in [3.63, 3.8) is 0 Å². The average molecular weight is 538 g/mol. The topological polar surface area (TPSA) is 148 Å². The van der Waals surface area contributed by atoms with Crippen LogP contribution in [-0.2, 0) is 16.8 Å². The second-order valence-corrected chi connectivity index (χ2v) is 10.9. The fourth-order valence-corrected chi connectivity index (χ4v) is 5.09. The van der Waals surface area contributed by atoms with E-state index in [4.69, 9.17) is 0 Å². The summed E-state index contributed by atoms with van der Waals surface area (Å²) in [6.45, 7) is 1.66. The van der Waals surface area contributed by atoms with E-state index in [1.165, 1.54) is 32.3 Å². The van der Waals surface area contributed by atoms with Crippen LogP contribution in [0.4, 0.5) is 10.1 Å².